The van der Waals surface area contributed by atoms with Crippen molar-refractivity contribution >= 4 is 22.8 Å². The van der Waals surface area contributed by atoms with Crippen LogP contribution in [0.4, 0.5) is 5.82 Å². The molecule has 5 rings (SSSR count). The minimum atomic E-state index is -0.207. The smallest absolute Gasteiger partial charge is 0.259 e. The van der Waals surface area contributed by atoms with Gasteiger partial charge in [-0.15, -0.1) is 0 Å². The molecule has 154 valence electrons. The minimum absolute atomic E-state index is 0.163. The van der Waals surface area contributed by atoms with Crippen LogP contribution in [-0.4, -0.2) is 59.2 Å². The Morgan fingerprint density at radius 2 is 2.20 bits per heavy atom. The number of amides is 1. The number of likely N-dealkylation sites (N-methyl/N-ethyl adjacent to an activating group) is 1. The summed E-state index contributed by atoms with van der Waals surface area (Å²) in [5.74, 6) is 2.71. The molecule has 0 saturated heterocycles. The average molecular weight is 405 g/mol. The second kappa shape index (κ2) is 7.03. The molecular formula is C21H23N7O2. The van der Waals surface area contributed by atoms with Crippen molar-refractivity contribution in [2.45, 2.75) is 13.0 Å². The quantitative estimate of drug-likeness (QED) is 0.612. The number of carbonyl (C=O) groups excluding carboxylic acids is 1. The number of pyridine rings is 1. The molecule has 1 unspecified atom stereocenters. The van der Waals surface area contributed by atoms with E-state index in [9.17, 15) is 4.79 Å². The van der Waals surface area contributed by atoms with Gasteiger partial charge >= 0.3 is 0 Å². The van der Waals surface area contributed by atoms with Crippen LogP contribution in [0.2, 0.25) is 0 Å². The average Bonchev–Trinajstić information content (AvgIpc) is 3.30. The molecule has 30 heavy (non-hydrogen) atoms. The molecular weight excluding hydrogens is 382 g/mol. The molecule has 0 fully saturated rings. The van der Waals surface area contributed by atoms with Crippen LogP contribution in [0, 0.1) is 0 Å². The molecule has 1 amide bonds. The molecule has 2 aromatic heterocycles. The lowest BCUT2D eigenvalue weighted by Crippen LogP contribution is -2.37. The van der Waals surface area contributed by atoms with Gasteiger partial charge in [-0.1, -0.05) is 6.07 Å². The predicted octanol–water partition coefficient (Wildman–Crippen LogP) is 1.86. The van der Waals surface area contributed by atoms with E-state index >= 15 is 0 Å². The van der Waals surface area contributed by atoms with Gasteiger partial charge in [-0.25, -0.2) is 15.4 Å². The Hall–Kier alpha value is -3.59. The topological polar surface area (TPSA) is 98.4 Å². The first-order valence-corrected chi connectivity index (χ1v) is 9.86. The number of H-pyrrole nitrogens is 1. The van der Waals surface area contributed by atoms with Crippen LogP contribution in [0.3, 0.4) is 0 Å². The number of anilines is 1. The molecule has 3 N–H and O–H groups in total. The van der Waals surface area contributed by atoms with Crippen LogP contribution in [-0.2, 0) is 0 Å². The van der Waals surface area contributed by atoms with E-state index in [0.29, 0.717) is 23.5 Å². The van der Waals surface area contributed by atoms with Crippen molar-refractivity contribution in [1.82, 2.24) is 30.7 Å². The van der Waals surface area contributed by atoms with E-state index in [1.54, 1.807) is 17.3 Å². The summed E-state index contributed by atoms with van der Waals surface area (Å²) in [5, 5.41) is 4.76. The molecule has 9 heteroatoms. The molecule has 9 nitrogen and oxygen atoms in total. The fourth-order valence-electron chi connectivity index (χ4n) is 3.78. The van der Waals surface area contributed by atoms with E-state index in [2.05, 4.69) is 25.6 Å². The summed E-state index contributed by atoms with van der Waals surface area (Å²) in [4.78, 5) is 27.5. The van der Waals surface area contributed by atoms with Crippen molar-refractivity contribution in [2.75, 3.05) is 32.1 Å². The Bertz CT molecular complexity index is 1170. The SMILES string of the molecule is CC1C=C(NC(=O)c2cccc3[nH]c(-c4cnc5c(c4)OCCN5C)nc23)N(C)N1. The van der Waals surface area contributed by atoms with E-state index in [0.717, 1.165) is 35.0 Å². The van der Waals surface area contributed by atoms with Gasteiger partial charge in [-0.2, -0.15) is 0 Å². The van der Waals surface area contributed by atoms with Crippen molar-refractivity contribution in [3.05, 3.63) is 47.9 Å². The summed E-state index contributed by atoms with van der Waals surface area (Å²) >= 11 is 0. The van der Waals surface area contributed by atoms with E-state index in [1.807, 2.05) is 45.3 Å². The number of fused-ring (bicyclic) bond motifs is 2. The number of imidazole rings is 1. The summed E-state index contributed by atoms with van der Waals surface area (Å²) < 4.78 is 5.76. The van der Waals surface area contributed by atoms with Gasteiger partial charge in [0.1, 0.15) is 23.8 Å². The van der Waals surface area contributed by atoms with Crippen LogP contribution in [0.15, 0.2) is 42.4 Å². The van der Waals surface area contributed by atoms with Crippen molar-refractivity contribution in [3.8, 4) is 17.1 Å². The van der Waals surface area contributed by atoms with E-state index in [1.165, 1.54) is 0 Å². The highest BCUT2D eigenvalue weighted by atomic mass is 16.5. The zero-order valence-corrected chi connectivity index (χ0v) is 17.1. The normalized spacial score (nSPS) is 18.2. The Labute approximate surface area is 173 Å². The van der Waals surface area contributed by atoms with E-state index in [-0.39, 0.29) is 11.9 Å². The van der Waals surface area contributed by atoms with Gasteiger partial charge in [0.05, 0.1) is 17.6 Å². The van der Waals surface area contributed by atoms with E-state index < -0.39 is 0 Å². The number of aromatic amines is 1. The van der Waals surface area contributed by atoms with Gasteiger partial charge in [0.15, 0.2) is 11.6 Å². The summed E-state index contributed by atoms with van der Waals surface area (Å²) in [7, 11) is 3.86. The van der Waals surface area contributed by atoms with Crippen molar-refractivity contribution in [1.29, 1.82) is 0 Å². The molecule has 2 aliphatic rings. The number of benzene rings is 1. The van der Waals surface area contributed by atoms with Crippen LogP contribution < -0.4 is 20.4 Å². The Morgan fingerprint density at radius 1 is 1.33 bits per heavy atom. The number of para-hydroxylation sites is 1. The molecule has 1 aromatic carbocycles. The molecule has 4 heterocycles. The Kier molecular flexibility index (Phi) is 4.32. The minimum Gasteiger partial charge on any atom is -0.488 e. The zero-order chi connectivity index (χ0) is 20.8. The number of aromatic nitrogens is 3. The summed E-state index contributed by atoms with van der Waals surface area (Å²) in [6.45, 7) is 3.45. The number of hydrazine groups is 1. The summed E-state index contributed by atoms with van der Waals surface area (Å²) in [6, 6.07) is 7.62. The number of hydrogen-bond donors (Lipinski definition) is 3. The third-order valence-electron chi connectivity index (χ3n) is 5.32. The van der Waals surface area contributed by atoms with Crippen molar-refractivity contribution < 1.29 is 9.53 Å². The van der Waals surface area contributed by atoms with Gasteiger partial charge in [0, 0.05) is 31.9 Å². The van der Waals surface area contributed by atoms with Crippen LogP contribution in [0.5, 0.6) is 5.75 Å². The first kappa shape index (κ1) is 18.4. The zero-order valence-electron chi connectivity index (χ0n) is 17.1. The lowest BCUT2D eigenvalue weighted by atomic mass is 10.1. The molecule has 3 aromatic rings. The first-order valence-electron chi connectivity index (χ1n) is 9.86. The van der Waals surface area contributed by atoms with E-state index in [4.69, 9.17) is 9.72 Å². The van der Waals surface area contributed by atoms with Gasteiger partial charge in [-0.05, 0) is 31.2 Å². The fraction of sp³-hybridized carbons (Fsp3) is 0.286. The van der Waals surface area contributed by atoms with Gasteiger partial charge in [0.25, 0.3) is 5.91 Å². The molecule has 2 aliphatic heterocycles. The first-order chi connectivity index (χ1) is 14.5. The van der Waals surface area contributed by atoms with Crippen molar-refractivity contribution in [2.24, 2.45) is 0 Å². The van der Waals surface area contributed by atoms with Crippen LogP contribution >= 0.6 is 0 Å². The van der Waals surface area contributed by atoms with Crippen LogP contribution in [0.1, 0.15) is 17.3 Å². The lowest BCUT2D eigenvalue weighted by Gasteiger charge is -2.26. The standard InChI is InChI=1S/C21H23N7O2/c1-12-9-17(28(3)26-12)24-21(29)14-5-4-6-15-18(14)25-19(23-15)13-10-16-20(22-11-13)27(2)7-8-30-16/h4-6,9-12,26H,7-8H2,1-3H3,(H,23,25)(H,24,29). The fourth-order valence-corrected chi connectivity index (χ4v) is 3.78. The number of nitrogens with zero attached hydrogens (tertiary/aromatic N) is 4. The number of rotatable bonds is 3. The predicted molar refractivity (Wildman–Crippen MR) is 114 cm³/mol. The molecule has 0 radical (unpaired) electrons. The van der Waals surface area contributed by atoms with Gasteiger partial charge in [0.2, 0.25) is 0 Å². The Balaban J connectivity index is 1.48. The number of carbonyl (C=O) groups is 1. The molecule has 0 spiro atoms. The maximum Gasteiger partial charge on any atom is 0.259 e. The molecule has 1 atom stereocenters. The van der Waals surface area contributed by atoms with Crippen LogP contribution in [0.25, 0.3) is 22.4 Å². The highest BCUT2D eigenvalue weighted by Gasteiger charge is 2.22. The second-order valence-electron chi connectivity index (χ2n) is 7.59. The number of nitrogens with one attached hydrogen (secondary N) is 3. The number of hydrogen-bond acceptors (Lipinski definition) is 7. The third-order valence-corrected chi connectivity index (χ3v) is 5.32. The highest BCUT2D eigenvalue weighted by Crippen LogP contribution is 2.32. The molecule has 0 bridgehead atoms. The van der Waals surface area contributed by atoms with Crippen molar-refractivity contribution in [3.63, 3.8) is 0 Å². The molecule has 0 aliphatic carbocycles. The monoisotopic (exact) mass is 405 g/mol. The summed E-state index contributed by atoms with van der Waals surface area (Å²) in [5.41, 5.74) is 5.91. The summed E-state index contributed by atoms with van der Waals surface area (Å²) in [6.07, 6.45) is 3.73. The second-order valence-corrected chi connectivity index (χ2v) is 7.59. The Morgan fingerprint density at radius 3 is 3.00 bits per heavy atom. The largest absolute Gasteiger partial charge is 0.488 e. The third kappa shape index (κ3) is 3.13. The highest BCUT2D eigenvalue weighted by molar-refractivity contribution is 6.06. The molecule has 0 saturated carbocycles. The van der Waals surface area contributed by atoms with Gasteiger partial charge < -0.3 is 19.9 Å². The number of ether oxygens (including phenoxy) is 1. The lowest BCUT2D eigenvalue weighted by molar-refractivity contribution is 0.0952. The maximum atomic E-state index is 12.9. The van der Waals surface area contributed by atoms with Gasteiger partial charge in [-0.3, -0.25) is 9.80 Å². The maximum absolute atomic E-state index is 12.9.